The molecule has 1 saturated heterocycles. The van der Waals surface area contributed by atoms with E-state index in [1.807, 2.05) is 18.2 Å². The zero-order valence-electron chi connectivity index (χ0n) is 16.2. The summed E-state index contributed by atoms with van der Waals surface area (Å²) >= 11 is 0. The van der Waals surface area contributed by atoms with E-state index in [1.54, 1.807) is 36.1 Å². The van der Waals surface area contributed by atoms with Gasteiger partial charge in [0.1, 0.15) is 23.2 Å². The third-order valence-electron chi connectivity index (χ3n) is 4.88. The van der Waals surface area contributed by atoms with Crippen LogP contribution >= 0.6 is 0 Å². The van der Waals surface area contributed by atoms with Crippen LogP contribution in [0.3, 0.4) is 0 Å². The smallest absolute Gasteiger partial charge is 0.272 e. The first-order valence-corrected chi connectivity index (χ1v) is 9.57. The summed E-state index contributed by atoms with van der Waals surface area (Å²) in [5.41, 5.74) is 1.78. The van der Waals surface area contributed by atoms with Crippen LogP contribution < -0.4 is 10.2 Å². The van der Waals surface area contributed by atoms with Crippen LogP contribution in [0.2, 0.25) is 0 Å². The topological polar surface area (TPSA) is 61.4 Å². The van der Waals surface area contributed by atoms with Crippen molar-refractivity contribution in [2.24, 2.45) is 0 Å². The molecule has 148 valence electrons. The van der Waals surface area contributed by atoms with Gasteiger partial charge < -0.3 is 15.1 Å². The number of anilines is 3. The molecule has 2 heterocycles. The van der Waals surface area contributed by atoms with Crippen LogP contribution in [0.25, 0.3) is 0 Å². The largest absolute Gasteiger partial charge is 0.368 e. The number of hydrogen-bond acceptors (Lipinski definition) is 5. The molecular weight excluding hydrogens is 369 g/mol. The molecular formula is C22H22FN5O. The van der Waals surface area contributed by atoms with E-state index in [0.29, 0.717) is 36.1 Å². The lowest BCUT2D eigenvalue weighted by molar-refractivity contribution is 0.0740. The summed E-state index contributed by atoms with van der Waals surface area (Å²) in [6.07, 6.45) is 0. The molecule has 4 rings (SSSR count). The number of aryl methyl sites for hydroxylation is 1. The van der Waals surface area contributed by atoms with Crippen molar-refractivity contribution < 1.29 is 9.18 Å². The van der Waals surface area contributed by atoms with Crippen LogP contribution in [0.4, 0.5) is 21.6 Å². The number of rotatable bonds is 4. The highest BCUT2D eigenvalue weighted by molar-refractivity contribution is 5.93. The van der Waals surface area contributed by atoms with Crippen LogP contribution in [0.15, 0.2) is 60.7 Å². The molecule has 6 nitrogen and oxygen atoms in total. The minimum atomic E-state index is -0.381. The van der Waals surface area contributed by atoms with Gasteiger partial charge in [0.15, 0.2) is 0 Å². The minimum Gasteiger partial charge on any atom is -0.368 e. The Morgan fingerprint density at radius 2 is 1.66 bits per heavy atom. The second kappa shape index (κ2) is 8.26. The molecule has 0 unspecified atom stereocenters. The van der Waals surface area contributed by atoms with Gasteiger partial charge in [0, 0.05) is 37.9 Å². The predicted molar refractivity (Wildman–Crippen MR) is 111 cm³/mol. The highest BCUT2D eigenvalue weighted by Crippen LogP contribution is 2.20. The Hall–Kier alpha value is -3.48. The van der Waals surface area contributed by atoms with Crippen molar-refractivity contribution in [3.63, 3.8) is 0 Å². The fourth-order valence-electron chi connectivity index (χ4n) is 3.41. The van der Waals surface area contributed by atoms with E-state index in [-0.39, 0.29) is 11.7 Å². The molecule has 1 fully saturated rings. The molecule has 0 spiro atoms. The number of nitrogens with zero attached hydrogens (tertiary/aromatic N) is 4. The molecule has 1 amide bonds. The van der Waals surface area contributed by atoms with Gasteiger partial charge in [-0.25, -0.2) is 14.4 Å². The van der Waals surface area contributed by atoms with Crippen LogP contribution in [0.5, 0.6) is 0 Å². The first-order chi connectivity index (χ1) is 14.1. The summed E-state index contributed by atoms with van der Waals surface area (Å²) in [5.74, 6) is 0.333. The zero-order valence-corrected chi connectivity index (χ0v) is 16.2. The first kappa shape index (κ1) is 18.9. The van der Waals surface area contributed by atoms with Gasteiger partial charge in [-0.05, 0) is 31.2 Å². The molecule has 1 aliphatic rings. The van der Waals surface area contributed by atoms with Crippen molar-refractivity contribution in [3.8, 4) is 0 Å². The van der Waals surface area contributed by atoms with E-state index in [4.69, 9.17) is 0 Å². The summed E-state index contributed by atoms with van der Waals surface area (Å²) in [7, 11) is 0. The Balaban J connectivity index is 1.46. The number of carbonyl (C=O) groups is 1. The van der Waals surface area contributed by atoms with Crippen molar-refractivity contribution in [2.45, 2.75) is 6.92 Å². The molecule has 0 aliphatic carbocycles. The lowest BCUT2D eigenvalue weighted by Gasteiger charge is -2.36. The lowest BCUT2D eigenvalue weighted by Crippen LogP contribution is -2.49. The van der Waals surface area contributed by atoms with Gasteiger partial charge in [-0.1, -0.05) is 30.3 Å². The number of piperazine rings is 1. The monoisotopic (exact) mass is 391 g/mol. The maximum Gasteiger partial charge on any atom is 0.272 e. The summed E-state index contributed by atoms with van der Waals surface area (Å²) in [6, 6.07) is 18.1. The number of para-hydroxylation sites is 2. The van der Waals surface area contributed by atoms with E-state index < -0.39 is 0 Å². The Bertz CT molecular complexity index is 1000. The van der Waals surface area contributed by atoms with Crippen LogP contribution in [-0.2, 0) is 0 Å². The number of aromatic nitrogens is 2. The third-order valence-corrected chi connectivity index (χ3v) is 4.88. The Morgan fingerprint density at radius 3 is 2.38 bits per heavy atom. The van der Waals surface area contributed by atoms with Crippen LogP contribution in [0.1, 0.15) is 16.3 Å². The van der Waals surface area contributed by atoms with Gasteiger partial charge in [0.25, 0.3) is 5.91 Å². The van der Waals surface area contributed by atoms with E-state index in [0.717, 1.165) is 18.8 Å². The van der Waals surface area contributed by atoms with Gasteiger partial charge >= 0.3 is 0 Å². The molecule has 0 saturated carbocycles. The molecule has 1 N–H and O–H groups in total. The standard InChI is InChI=1S/C22H22FN5O/c1-16-24-20(15-21(25-16)26-19-10-6-5-9-18(19)23)22(29)28-13-11-27(12-14-28)17-7-3-2-4-8-17/h2-10,15H,11-14H2,1H3,(H,24,25,26). The van der Waals surface area contributed by atoms with Gasteiger partial charge in [-0.15, -0.1) is 0 Å². The summed E-state index contributed by atoms with van der Waals surface area (Å²) in [5, 5.41) is 2.93. The molecule has 7 heteroatoms. The summed E-state index contributed by atoms with van der Waals surface area (Å²) in [4.78, 5) is 25.6. The van der Waals surface area contributed by atoms with Crippen LogP contribution in [-0.4, -0.2) is 47.0 Å². The molecule has 2 aromatic carbocycles. The molecule has 0 bridgehead atoms. The van der Waals surface area contributed by atoms with Crippen molar-refractivity contribution in [2.75, 3.05) is 36.4 Å². The molecule has 3 aromatic rings. The van der Waals surface area contributed by atoms with Gasteiger partial charge in [0.2, 0.25) is 0 Å². The minimum absolute atomic E-state index is 0.139. The maximum absolute atomic E-state index is 13.9. The second-order valence-corrected chi connectivity index (χ2v) is 6.91. The van der Waals surface area contributed by atoms with Crippen molar-refractivity contribution in [3.05, 3.63) is 78.0 Å². The molecule has 1 aliphatic heterocycles. The Labute approximate surface area is 169 Å². The first-order valence-electron chi connectivity index (χ1n) is 9.57. The summed E-state index contributed by atoms with van der Waals surface area (Å²) < 4.78 is 13.9. The Kier molecular flexibility index (Phi) is 5.37. The number of benzene rings is 2. The third kappa shape index (κ3) is 4.34. The zero-order chi connectivity index (χ0) is 20.2. The number of hydrogen-bond donors (Lipinski definition) is 1. The van der Waals surface area contributed by atoms with E-state index in [1.165, 1.54) is 6.07 Å². The molecule has 1 aromatic heterocycles. The van der Waals surface area contributed by atoms with Gasteiger partial charge in [-0.2, -0.15) is 0 Å². The van der Waals surface area contributed by atoms with Gasteiger partial charge in [-0.3, -0.25) is 4.79 Å². The normalized spacial score (nSPS) is 14.0. The molecule has 29 heavy (non-hydrogen) atoms. The fraction of sp³-hybridized carbons (Fsp3) is 0.227. The quantitative estimate of drug-likeness (QED) is 0.736. The van der Waals surface area contributed by atoms with E-state index in [2.05, 4.69) is 32.3 Å². The lowest BCUT2D eigenvalue weighted by atomic mass is 10.2. The van der Waals surface area contributed by atoms with Crippen molar-refractivity contribution >= 4 is 23.1 Å². The average molecular weight is 391 g/mol. The Morgan fingerprint density at radius 1 is 0.966 bits per heavy atom. The van der Waals surface area contributed by atoms with E-state index in [9.17, 15) is 9.18 Å². The predicted octanol–water partition coefficient (Wildman–Crippen LogP) is 3.63. The van der Waals surface area contributed by atoms with E-state index >= 15 is 0 Å². The second-order valence-electron chi connectivity index (χ2n) is 6.91. The number of carbonyl (C=O) groups excluding carboxylic acids is 1. The highest BCUT2D eigenvalue weighted by Gasteiger charge is 2.24. The number of nitrogens with one attached hydrogen (secondary N) is 1. The highest BCUT2D eigenvalue weighted by atomic mass is 19.1. The molecule has 0 radical (unpaired) electrons. The fourth-order valence-corrected chi connectivity index (χ4v) is 3.41. The molecule has 0 atom stereocenters. The van der Waals surface area contributed by atoms with Crippen molar-refractivity contribution in [1.29, 1.82) is 0 Å². The average Bonchev–Trinajstić information content (AvgIpc) is 2.75. The summed E-state index contributed by atoms with van der Waals surface area (Å²) in [6.45, 7) is 4.48. The van der Waals surface area contributed by atoms with Gasteiger partial charge in [0.05, 0.1) is 5.69 Å². The SMILES string of the molecule is Cc1nc(Nc2ccccc2F)cc(C(=O)N2CCN(c3ccccc3)CC2)n1. The van der Waals surface area contributed by atoms with Crippen LogP contribution in [0, 0.1) is 12.7 Å². The maximum atomic E-state index is 13.9. The number of halogens is 1. The van der Waals surface area contributed by atoms with Crippen molar-refractivity contribution in [1.82, 2.24) is 14.9 Å². The number of amides is 1.